The molecule has 0 aliphatic carbocycles. The van der Waals surface area contributed by atoms with E-state index in [-0.39, 0.29) is 17.9 Å². The van der Waals surface area contributed by atoms with Gasteiger partial charge >= 0.3 is 0 Å². The number of aromatic nitrogens is 1. The maximum atomic E-state index is 13.2. The fourth-order valence-electron chi connectivity index (χ4n) is 4.52. The van der Waals surface area contributed by atoms with Gasteiger partial charge in [-0.1, -0.05) is 24.3 Å². The Morgan fingerprint density at radius 1 is 1.10 bits per heavy atom. The highest BCUT2D eigenvalue weighted by molar-refractivity contribution is 5.82. The molecule has 0 saturated carbocycles. The van der Waals surface area contributed by atoms with Crippen molar-refractivity contribution in [1.29, 1.82) is 0 Å². The predicted molar refractivity (Wildman–Crippen MR) is 112 cm³/mol. The highest BCUT2D eigenvalue weighted by Gasteiger charge is 2.41. The van der Waals surface area contributed by atoms with Crippen molar-refractivity contribution in [2.24, 2.45) is 5.92 Å². The summed E-state index contributed by atoms with van der Waals surface area (Å²) in [5.74, 6) is 1.70. The van der Waals surface area contributed by atoms with Crippen LogP contribution >= 0.6 is 0 Å². The second-order valence-corrected chi connectivity index (χ2v) is 7.63. The highest BCUT2D eigenvalue weighted by atomic mass is 16.3. The van der Waals surface area contributed by atoms with Gasteiger partial charge in [-0.2, -0.15) is 0 Å². The van der Waals surface area contributed by atoms with Crippen molar-refractivity contribution in [3.8, 4) is 0 Å². The average Bonchev–Trinajstić information content (AvgIpc) is 3.31. The molecule has 6 nitrogen and oxygen atoms in total. The third-order valence-corrected chi connectivity index (χ3v) is 5.95. The Morgan fingerprint density at radius 2 is 2.00 bits per heavy atom. The zero-order chi connectivity index (χ0) is 19.6. The monoisotopic (exact) mass is 388 g/mol. The van der Waals surface area contributed by atoms with Gasteiger partial charge in [0, 0.05) is 31.5 Å². The van der Waals surface area contributed by atoms with Crippen LogP contribution in [0.1, 0.15) is 11.3 Å². The number of fused-ring (bicyclic) bond motifs is 3. The van der Waals surface area contributed by atoms with E-state index < -0.39 is 0 Å². The topological polar surface area (TPSA) is 61.6 Å². The number of anilines is 2. The number of benzene rings is 1. The molecule has 6 heteroatoms. The Labute approximate surface area is 170 Å². The molecular weight excluding hydrogens is 364 g/mol. The van der Waals surface area contributed by atoms with Crippen molar-refractivity contribution in [1.82, 2.24) is 10.3 Å². The molecule has 0 radical (unpaired) electrons. The number of hydrogen-bond donors (Lipinski definition) is 1. The van der Waals surface area contributed by atoms with E-state index in [4.69, 9.17) is 4.42 Å². The summed E-state index contributed by atoms with van der Waals surface area (Å²) in [6.45, 7) is 2.97. The van der Waals surface area contributed by atoms with Gasteiger partial charge < -0.3 is 19.5 Å². The summed E-state index contributed by atoms with van der Waals surface area (Å²) in [5, 5.41) is 3.08. The van der Waals surface area contributed by atoms with Crippen molar-refractivity contribution in [3.05, 3.63) is 78.4 Å². The van der Waals surface area contributed by atoms with Crippen molar-refractivity contribution in [3.63, 3.8) is 0 Å². The maximum absolute atomic E-state index is 13.2. The van der Waals surface area contributed by atoms with E-state index >= 15 is 0 Å². The second-order valence-electron chi connectivity index (χ2n) is 7.63. The van der Waals surface area contributed by atoms with Gasteiger partial charge in [-0.15, -0.1) is 0 Å². The Hall–Kier alpha value is -3.28. The summed E-state index contributed by atoms with van der Waals surface area (Å²) < 4.78 is 5.37. The van der Waals surface area contributed by atoms with E-state index in [2.05, 4.69) is 44.4 Å². The smallest absolute Gasteiger partial charge is 0.225 e. The fraction of sp³-hybridized carbons (Fsp3) is 0.304. The first-order valence-corrected chi connectivity index (χ1v) is 10.1. The summed E-state index contributed by atoms with van der Waals surface area (Å²) in [6, 6.07) is 18.3. The zero-order valence-electron chi connectivity index (χ0n) is 16.2. The molecule has 2 atom stereocenters. The van der Waals surface area contributed by atoms with E-state index in [1.165, 1.54) is 11.3 Å². The third kappa shape index (κ3) is 3.46. The lowest BCUT2D eigenvalue weighted by atomic mass is 9.83. The van der Waals surface area contributed by atoms with Crippen LogP contribution in [-0.2, 0) is 17.8 Å². The lowest BCUT2D eigenvalue weighted by Gasteiger charge is -2.49. The molecule has 1 fully saturated rings. The molecule has 1 saturated heterocycles. The Balaban J connectivity index is 1.40. The van der Waals surface area contributed by atoms with Gasteiger partial charge in [-0.05, 0) is 42.3 Å². The minimum atomic E-state index is -0.119. The lowest BCUT2D eigenvalue weighted by molar-refractivity contribution is -0.126. The number of nitrogens with one attached hydrogen (secondary N) is 1. The Kier molecular flexibility index (Phi) is 4.68. The molecule has 2 aliphatic rings. The first-order chi connectivity index (χ1) is 14.3. The number of para-hydroxylation sites is 1. The van der Waals surface area contributed by atoms with Crippen molar-refractivity contribution < 1.29 is 9.21 Å². The molecule has 1 N–H and O–H groups in total. The van der Waals surface area contributed by atoms with Gasteiger partial charge in [-0.25, -0.2) is 4.98 Å². The van der Waals surface area contributed by atoms with Crippen LogP contribution in [0.3, 0.4) is 0 Å². The molecule has 1 aromatic carbocycles. The molecular formula is C23H24N4O2. The van der Waals surface area contributed by atoms with E-state index in [0.29, 0.717) is 6.54 Å². The van der Waals surface area contributed by atoms with Gasteiger partial charge in [0.05, 0.1) is 24.8 Å². The summed E-state index contributed by atoms with van der Waals surface area (Å²) in [4.78, 5) is 22.4. The second kappa shape index (κ2) is 7.62. The van der Waals surface area contributed by atoms with Crippen LogP contribution in [0.25, 0.3) is 0 Å². The van der Waals surface area contributed by atoms with Crippen LogP contribution in [0.5, 0.6) is 0 Å². The van der Waals surface area contributed by atoms with Crippen LogP contribution < -0.4 is 15.1 Å². The molecule has 4 heterocycles. The minimum absolute atomic E-state index is 0.0776. The minimum Gasteiger partial charge on any atom is -0.467 e. The lowest BCUT2D eigenvalue weighted by Crippen LogP contribution is -2.61. The Bertz CT molecular complexity index is 974. The van der Waals surface area contributed by atoms with Crippen molar-refractivity contribution in [2.45, 2.75) is 19.0 Å². The standard InChI is InChI=1S/C23H24N4O2/c28-23(25-15-18-7-5-13-29-18)19-14-17-6-1-2-8-20(17)27-12-11-26(16-21(19)27)22-9-3-4-10-24-22/h1-10,13,19,21H,11-12,14-16H2,(H,25,28). The third-order valence-electron chi connectivity index (χ3n) is 5.95. The summed E-state index contributed by atoms with van der Waals surface area (Å²) in [7, 11) is 0. The number of carbonyl (C=O) groups is 1. The van der Waals surface area contributed by atoms with Gasteiger partial charge in [0.15, 0.2) is 0 Å². The molecule has 29 heavy (non-hydrogen) atoms. The SMILES string of the molecule is O=C(NCc1ccco1)C1Cc2ccccc2N2CCN(c3ccccn3)CC12. The summed E-state index contributed by atoms with van der Waals surface area (Å²) >= 11 is 0. The van der Waals surface area contributed by atoms with Crippen LogP contribution in [0.15, 0.2) is 71.5 Å². The molecule has 2 aromatic heterocycles. The Morgan fingerprint density at radius 3 is 2.83 bits per heavy atom. The first kappa shape index (κ1) is 17.8. The van der Waals surface area contributed by atoms with Crippen LogP contribution in [0.2, 0.25) is 0 Å². The first-order valence-electron chi connectivity index (χ1n) is 10.1. The molecule has 1 amide bonds. The largest absolute Gasteiger partial charge is 0.467 e. The number of hydrogen-bond acceptors (Lipinski definition) is 5. The van der Waals surface area contributed by atoms with E-state index in [1.807, 2.05) is 36.5 Å². The highest BCUT2D eigenvalue weighted by Crippen LogP contribution is 2.36. The number of piperazine rings is 1. The summed E-state index contributed by atoms with van der Waals surface area (Å²) in [6.07, 6.45) is 4.20. The molecule has 2 unspecified atom stereocenters. The number of amides is 1. The quantitative estimate of drug-likeness (QED) is 0.745. The average molecular weight is 388 g/mol. The van der Waals surface area contributed by atoms with Crippen LogP contribution in [0, 0.1) is 5.92 Å². The molecule has 148 valence electrons. The van der Waals surface area contributed by atoms with Crippen LogP contribution in [-0.4, -0.2) is 36.6 Å². The molecule has 3 aromatic rings. The number of nitrogens with zero attached hydrogens (tertiary/aromatic N) is 3. The normalized spacial score (nSPS) is 20.7. The van der Waals surface area contributed by atoms with E-state index in [0.717, 1.165) is 37.6 Å². The number of pyridine rings is 1. The number of carbonyl (C=O) groups excluding carboxylic acids is 1. The van der Waals surface area contributed by atoms with Crippen molar-refractivity contribution >= 4 is 17.4 Å². The maximum Gasteiger partial charge on any atom is 0.225 e. The molecule has 0 spiro atoms. The number of furan rings is 1. The number of rotatable bonds is 4. The van der Waals surface area contributed by atoms with E-state index in [1.54, 1.807) is 6.26 Å². The van der Waals surface area contributed by atoms with Crippen molar-refractivity contribution in [2.75, 3.05) is 29.4 Å². The van der Waals surface area contributed by atoms with Gasteiger partial charge in [0.1, 0.15) is 11.6 Å². The van der Waals surface area contributed by atoms with Gasteiger partial charge in [0.2, 0.25) is 5.91 Å². The van der Waals surface area contributed by atoms with Gasteiger partial charge in [0.25, 0.3) is 0 Å². The zero-order valence-corrected chi connectivity index (χ0v) is 16.2. The summed E-state index contributed by atoms with van der Waals surface area (Å²) in [5.41, 5.74) is 2.50. The fourth-order valence-corrected chi connectivity index (χ4v) is 4.52. The molecule has 0 bridgehead atoms. The molecule has 5 rings (SSSR count). The molecule has 2 aliphatic heterocycles. The van der Waals surface area contributed by atoms with Gasteiger partial charge in [-0.3, -0.25) is 4.79 Å². The van der Waals surface area contributed by atoms with E-state index in [9.17, 15) is 4.79 Å². The predicted octanol–water partition coefficient (Wildman–Crippen LogP) is 2.86. The van der Waals surface area contributed by atoms with Crippen LogP contribution in [0.4, 0.5) is 11.5 Å².